The number of carbonyl (C=O) groups is 2. The molecule has 0 aromatic carbocycles. The van der Waals surface area contributed by atoms with Gasteiger partial charge in [-0.3, -0.25) is 4.79 Å². The van der Waals surface area contributed by atoms with E-state index in [1.807, 2.05) is 0 Å². The molecule has 0 radical (unpaired) electrons. The highest BCUT2D eigenvalue weighted by Gasteiger charge is 2.22. The van der Waals surface area contributed by atoms with Crippen molar-refractivity contribution >= 4 is 18.0 Å². The molecule has 2 N–H and O–H groups in total. The summed E-state index contributed by atoms with van der Waals surface area (Å²) in [5, 5.41) is 11.9. The minimum atomic E-state index is -1.25. The first-order valence-electron chi connectivity index (χ1n) is 6.46. The van der Waals surface area contributed by atoms with Gasteiger partial charge in [-0.05, 0) is 25.0 Å². The number of carbonyl (C=O) groups excluding carboxylic acids is 1. The van der Waals surface area contributed by atoms with Crippen LogP contribution in [0.4, 0.5) is 0 Å². The number of hydrogen-bond acceptors (Lipinski definition) is 3. The number of amides is 1. The van der Waals surface area contributed by atoms with Crippen LogP contribution in [-0.4, -0.2) is 23.0 Å². The van der Waals surface area contributed by atoms with Crippen LogP contribution in [-0.2, 0) is 9.59 Å². The lowest BCUT2D eigenvalue weighted by molar-refractivity contribution is -0.135. The second-order valence-corrected chi connectivity index (χ2v) is 4.69. The molecule has 1 saturated carbocycles. The lowest BCUT2D eigenvalue weighted by Crippen LogP contribution is -2.38. The number of aliphatic carboxylic acids is 1. The van der Waals surface area contributed by atoms with Gasteiger partial charge in [0, 0.05) is 12.1 Å². The summed E-state index contributed by atoms with van der Waals surface area (Å²) in [6.07, 6.45) is 7.86. The first-order valence-corrected chi connectivity index (χ1v) is 6.46. The Morgan fingerprint density at radius 2 is 2.05 bits per heavy atom. The molecule has 1 fully saturated rings. The molecule has 1 aliphatic carbocycles. The van der Waals surface area contributed by atoms with Gasteiger partial charge in [-0.25, -0.2) is 4.79 Å². The van der Waals surface area contributed by atoms with Crippen molar-refractivity contribution in [1.29, 1.82) is 0 Å². The summed E-state index contributed by atoms with van der Waals surface area (Å²) in [7, 11) is 0. The third-order valence-electron chi connectivity index (χ3n) is 3.25. The van der Waals surface area contributed by atoms with Gasteiger partial charge in [0.15, 0.2) is 0 Å². The Kier molecular flexibility index (Phi) is 4.39. The van der Waals surface area contributed by atoms with Gasteiger partial charge in [-0.1, -0.05) is 19.3 Å². The van der Waals surface area contributed by atoms with Crippen LogP contribution in [0, 0.1) is 0 Å². The van der Waals surface area contributed by atoms with E-state index in [0.717, 1.165) is 25.7 Å². The van der Waals surface area contributed by atoms with Crippen LogP contribution in [0.3, 0.4) is 0 Å². The van der Waals surface area contributed by atoms with Crippen molar-refractivity contribution in [2.75, 3.05) is 0 Å². The van der Waals surface area contributed by atoms with Crippen molar-refractivity contribution in [3.05, 3.63) is 29.7 Å². The molecule has 19 heavy (non-hydrogen) atoms. The molecular weight excluding hydrogens is 246 g/mol. The Balaban J connectivity index is 2.06. The second kappa shape index (κ2) is 6.22. The number of carboxylic acids is 1. The van der Waals surface area contributed by atoms with Crippen molar-refractivity contribution in [2.45, 2.75) is 38.1 Å². The quantitative estimate of drug-likeness (QED) is 0.496. The fraction of sp³-hybridized carbons (Fsp3) is 0.429. The highest BCUT2D eigenvalue weighted by atomic mass is 16.4. The Morgan fingerprint density at radius 1 is 1.32 bits per heavy atom. The van der Waals surface area contributed by atoms with Crippen LogP contribution in [0.25, 0.3) is 6.08 Å². The molecule has 0 bridgehead atoms. The Hall–Kier alpha value is -2.04. The zero-order valence-corrected chi connectivity index (χ0v) is 10.6. The first kappa shape index (κ1) is 13.4. The van der Waals surface area contributed by atoms with Crippen LogP contribution in [0.2, 0.25) is 0 Å². The number of rotatable bonds is 4. The number of furan rings is 1. The monoisotopic (exact) mass is 263 g/mol. The number of hydrogen-bond donors (Lipinski definition) is 2. The molecule has 1 heterocycles. The van der Waals surface area contributed by atoms with E-state index >= 15 is 0 Å². The van der Waals surface area contributed by atoms with Crippen LogP contribution < -0.4 is 5.32 Å². The van der Waals surface area contributed by atoms with Crippen LogP contribution in [0.15, 0.2) is 28.4 Å². The zero-order valence-electron chi connectivity index (χ0n) is 10.6. The summed E-state index contributed by atoms with van der Waals surface area (Å²) in [6.45, 7) is 0. The van der Waals surface area contributed by atoms with E-state index in [4.69, 9.17) is 9.52 Å². The summed E-state index contributed by atoms with van der Waals surface area (Å²) in [4.78, 5) is 23.1. The van der Waals surface area contributed by atoms with Gasteiger partial charge in [-0.2, -0.15) is 0 Å². The zero-order chi connectivity index (χ0) is 13.7. The van der Waals surface area contributed by atoms with E-state index in [1.165, 1.54) is 18.8 Å². The van der Waals surface area contributed by atoms with Gasteiger partial charge in [0.05, 0.1) is 6.26 Å². The minimum absolute atomic E-state index is 0.0839. The third-order valence-corrected chi connectivity index (χ3v) is 3.25. The van der Waals surface area contributed by atoms with Crippen LogP contribution in [0.5, 0.6) is 0 Å². The summed E-state index contributed by atoms with van der Waals surface area (Å²) in [5.74, 6) is -1.43. The van der Waals surface area contributed by atoms with Gasteiger partial charge >= 0.3 is 5.97 Å². The van der Waals surface area contributed by atoms with Crippen LogP contribution in [0.1, 0.15) is 37.9 Å². The topological polar surface area (TPSA) is 79.5 Å². The van der Waals surface area contributed by atoms with Gasteiger partial charge in [0.25, 0.3) is 5.91 Å². The highest BCUT2D eigenvalue weighted by molar-refractivity contribution is 6.19. The summed E-state index contributed by atoms with van der Waals surface area (Å²) >= 11 is 0. The molecule has 0 unspecified atom stereocenters. The molecule has 1 aromatic heterocycles. The van der Waals surface area contributed by atoms with Crippen LogP contribution >= 0.6 is 0 Å². The lowest BCUT2D eigenvalue weighted by Gasteiger charge is -2.22. The van der Waals surface area contributed by atoms with Crippen molar-refractivity contribution in [3.63, 3.8) is 0 Å². The molecule has 0 saturated heterocycles. The molecule has 5 nitrogen and oxygen atoms in total. The summed E-state index contributed by atoms with van der Waals surface area (Å²) in [5.41, 5.74) is -0.291. The fourth-order valence-corrected chi connectivity index (χ4v) is 2.25. The molecule has 1 aromatic rings. The lowest BCUT2D eigenvalue weighted by atomic mass is 9.95. The van der Waals surface area contributed by atoms with Crippen molar-refractivity contribution < 1.29 is 19.1 Å². The van der Waals surface area contributed by atoms with E-state index in [-0.39, 0.29) is 11.6 Å². The van der Waals surface area contributed by atoms with E-state index in [0.29, 0.717) is 5.76 Å². The van der Waals surface area contributed by atoms with E-state index in [2.05, 4.69) is 5.32 Å². The Labute approximate surface area is 111 Å². The van der Waals surface area contributed by atoms with Crippen molar-refractivity contribution in [2.24, 2.45) is 0 Å². The molecule has 102 valence electrons. The first-order chi connectivity index (χ1) is 9.16. The van der Waals surface area contributed by atoms with Gasteiger partial charge in [-0.15, -0.1) is 0 Å². The van der Waals surface area contributed by atoms with Gasteiger partial charge < -0.3 is 14.8 Å². The van der Waals surface area contributed by atoms with E-state index in [9.17, 15) is 9.59 Å². The molecule has 2 rings (SSSR count). The van der Waals surface area contributed by atoms with Gasteiger partial charge in [0.2, 0.25) is 0 Å². The SMILES string of the molecule is O=C(O)/C(=C\c1ccco1)C(=O)NC1CCCCC1. The maximum absolute atomic E-state index is 12.0. The van der Waals surface area contributed by atoms with Gasteiger partial charge in [0.1, 0.15) is 11.3 Å². The maximum atomic E-state index is 12.0. The largest absolute Gasteiger partial charge is 0.477 e. The predicted molar refractivity (Wildman–Crippen MR) is 69.3 cm³/mol. The Bertz CT molecular complexity index is 470. The number of nitrogens with one attached hydrogen (secondary N) is 1. The maximum Gasteiger partial charge on any atom is 0.341 e. The molecule has 1 aliphatic rings. The number of carboxylic acid groups (broad SMARTS) is 1. The molecule has 0 spiro atoms. The van der Waals surface area contributed by atoms with E-state index < -0.39 is 11.9 Å². The molecule has 5 heteroatoms. The van der Waals surface area contributed by atoms with Crippen molar-refractivity contribution in [1.82, 2.24) is 5.32 Å². The summed E-state index contributed by atoms with van der Waals surface area (Å²) in [6, 6.07) is 3.34. The Morgan fingerprint density at radius 3 is 2.63 bits per heavy atom. The smallest absolute Gasteiger partial charge is 0.341 e. The fourth-order valence-electron chi connectivity index (χ4n) is 2.25. The van der Waals surface area contributed by atoms with E-state index in [1.54, 1.807) is 12.1 Å². The highest BCUT2D eigenvalue weighted by Crippen LogP contribution is 2.18. The average Bonchev–Trinajstić information content (AvgIpc) is 2.89. The molecule has 0 aliphatic heterocycles. The predicted octanol–water partition coefficient (Wildman–Crippen LogP) is 2.20. The molecular formula is C14H17NO4. The standard InChI is InChI=1S/C14H17NO4/c16-13(15-10-5-2-1-3-6-10)12(14(17)18)9-11-7-4-8-19-11/h4,7-10H,1-3,5-6H2,(H,15,16)(H,17,18)/b12-9-. The molecule has 0 atom stereocenters. The minimum Gasteiger partial charge on any atom is -0.477 e. The summed E-state index contributed by atoms with van der Waals surface area (Å²) < 4.78 is 5.03. The average molecular weight is 263 g/mol. The van der Waals surface area contributed by atoms with Crippen molar-refractivity contribution in [3.8, 4) is 0 Å². The normalized spacial score (nSPS) is 17.2. The third kappa shape index (κ3) is 3.71. The molecule has 1 amide bonds. The second-order valence-electron chi connectivity index (χ2n) is 4.69.